The first-order chi connectivity index (χ1) is 10.8. The van der Waals surface area contributed by atoms with Crippen LogP contribution >= 0.6 is 0 Å². The summed E-state index contributed by atoms with van der Waals surface area (Å²) in [6.07, 6.45) is 1.21. The smallest absolute Gasteiger partial charge is 0.345 e. The molecule has 0 bridgehead atoms. The first kappa shape index (κ1) is 16.7. The summed E-state index contributed by atoms with van der Waals surface area (Å²) in [7, 11) is 1.45. The van der Waals surface area contributed by atoms with Crippen molar-refractivity contribution in [3.05, 3.63) is 52.0 Å². The van der Waals surface area contributed by atoms with Gasteiger partial charge in [-0.1, -0.05) is 0 Å². The molecule has 0 radical (unpaired) electrons. The number of nitrogens with zero attached hydrogens (tertiary/aromatic N) is 3. The lowest BCUT2D eigenvalue weighted by molar-refractivity contribution is -0.123. The van der Waals surface area contributed by atoms with Crippen LogP contribution in [0.5, 0.6) is 0 Å². The van der Waals surface area contributed by atoms with Crippen LogP contribution in [0.3, 0.4) is 0 Å². The lowest BCUT2D eigenvalue weighted by atomic mass is 10.1. The average molecular weight is 330 g/mol. The topological polar surface area (TPSA) is 89.2 Å². The zero-order valence-corrected chi connectivity index (χ0v) is 12.0. The van der Waals surface area contributed by atoms with E-state index in [1.807, 2.05) is 0 Å². The van der Waals surface area contributed by atoms with E-state index >= 15 is 0 Å². The van der Waals surface area contributed by atoms with E-state index < -0.39 is 48.2 Å². The highest BCUT2D eigenvalue weighted by molar-refractivity contribution is 5.76. The van der Waals surface area contributed by atoms with E-state index in [0.717, 1.165) is 9.25 Å². The predicted molar refractivity (Wildman–Crippen MR) is 71.8 cm³/mol. The van der Waals surface area contributed by atoms with Crippen molar-refractivity contribution in [1.29, 1.82) is 0 Å². The van der Waals surface area contributed by atoms with Gasteiger partial charge in [-0.25, -0.2) is 22.6 Å². The molecule has 0 fully saturated rings. The summed E-state index contributed by atoms with van der Waals surface area (Å²) < 4.78 is 41.4. The fourth-order valence-corrected chi connectivity index (χ4v) is 1.92. The Hall–Kier alpha value is -2.62. The van der Waals surface area contributed by atoms with E-state index in [1.165, 1.54) is 13.4 Å². The van der Waals surface area contributed by atoms with Gasteiger partial charge in [-0.15, -0.1) is 0 Å². The summed E-state index contributed by atoms with van der Waals surface area (Å²) in [6, 6.07) is 0.186. The van der Waals surface area contributed by atoms with E-state index in [1.54, 1.807) is 0 Å². The number of benzene rings is 1. The lowest BCUT2D eigenvalue weighted by Gasteiger charge is -2.17. The van der Waals surface area contributed by atoms with Crippen molar-refractivity contribution in [3.63, 3.8) is 0 Å². The van der Waals surface area contributed by atoms with E-state index in [0.29, 0.717) is 12.1 Å². The molecule has 0 spiro atoms. The van der Waals surface area contributed by atoms with E-state index in [4.69, 9.17) is 0 Å². The van der Waals surface area contributed by atoms with Crippen molar-refractivity contribution in [3.8, 4) is 0 Å². The molecule has 1 aromatic carbocycles. The molecule has 0 aliphatic heterocycles. The highest BCUT2D eigenvalue weighted by Gasteiger charge is 2.19. The van der Waals surface area contributed by atoms with Crippen LogP contribution in [-0.4, -0.2) is 32.0 Å². The SMILES string of the molecule is Cn1cnn(CC(=O)NC(CO)c2cc(F)c(F)c(F)c2)c1=O. The Morgan fingerprint density at radius 1 is 1.35 bits per heavy atom. The molecule has 0 aliphatic rings. The highest BCUT2D eigenvalue weighted by Crippen LogP contribution is 2.19. The minimum Gasteiger partial charge on any atom is -0.394 e. The van der Waals surface area contributed by atoms with Crippen LogP contribution in [0, 0.1) is 17.5 Å². The molecule has 0 saturated heterocycles. The number of halogens is 3. The quantitative estimate of drug-likeness (QED) is 0.746. The van der Waals surface area contributed by atoms with Crippen LogP contribution in [0.4, 0.5) is 13.2 Å². The molecular formula is C13H13F3N4O3. The minimum absolute atomic E-state index is 0.148. The third-order valence-corrected chi connectivity index (χ3v) is 3.11. The van der Waals surface area contributed by atoms with Crippen LogP contribution in [0.1, 0.15) is 11.6 Å². The summed E-state index contributed by atoms with van der Waals surface area (Å²) in [5.41, 5.74) is -0.676. The number of amides is 1. The van der Waals surface area contributed by atoms with Crippen LogP contribution in [0.25, 0.3) is 0 Å². The van der Waals surface area contributed by atoms with E-state index in [9.17, 15) is 27.9 Å². The molecular weight excluding hydrogens is 317 g/mol. The van der Waals surface area contributed by atoms with Crippen molar-refractivity contribution in [1.82, 2.24) is 19.7 Å². The second-order valence-electron chi connectivity index (χ2n) is 4.78. The third-order valence-electron chi connectivity index (χ3n) is 3.11. The fraction of sp³-hybridized carbons (Fsp3) is 0.308. The van der Waals surface area contributed by atoms with E-state index in [-0.39, 0.29) is 5.56 Å². The van der Waals surface area contributed by atoms with Gasteiger partial charge in [-0.2, -0.15) is 5.10 Å². The molecule has 2 N–H and O–H groups in total. The van der Waals surface area contributed by atoms with Gasteiger partial charge in [0, 0.05) is 7.05 Å². The van der Waals surface area contributed by atoms with Crippen molar-refractivity contribution in [2.75, 3.05) is 6.61 Å². The Kier molecular flexibility index (Phi) is 4.84. The summed E-state index contributed by atoms with van der Waals surface area (Å²) in [5, 5.41) is 15.2. The number of hydrogen-bond donors (Lipinski definition) is 2. The van der Waals surface area contributed by atoms with Gasteiger partial charge in [0.1, 0.15) is 12.9 Å². The molecule has 10 heteroatoms. The number of aliphatic hydroxyl groups is 1. The third kappa shape index (κ3) is 3.59. The largest absolute Gasteiger partial charge is 0.394 e. The standard InChI is InChI=1S/C13H13F3N4O3/c1-19-6-17-20(13(19)23)4-11(22)18-10(5-21)7-2-8(14)12(16)9(15)3-7/h2-3,6,10,21H,4-5H2,1H3,(H,18,22). The molecule has 23 heavy (non-hydrogen) atoms. The number of aryl methyl sites for hydroxylation is 1. The number of hydrogen-bond acceptors (Lipinski definition) is 4. The minimum atomic E-state index is -1.64. The van der Waals surface area contributed by atoms with Crippen LogP contribution in [-0.2, 0) is 18.4 Å². The summed E-state index contributed by atoms with van der Waals surface area (Å²) in [4.78, 5) is 23.4. The maximum atomic E-state index is 13.2. The summed E-state index contributed by atoms with van der Waals surface area (Å²) in [6.45, 7) is -1.12. The van der Waals surface area contributed by atoms with Gasteiger partial charge in [-0.3, -0.25) is 9.36 Å². The average Bonchev–Trinajstić information content (AvgIpc) is 2.81. The van der Waals surface area contributed by atoms with Gasteiger partial charge in [-0.05, 0) is 17.7 Å². The maximum absolute atomic E-state index is 13.2. The monoisotopic (exact) mass is 330 g/mol. The number of aliphatic hydroxyl groups excluding tert-OH is 1. The second kappa shape index (κ2) is 6.65. The van der Waals surface area contributed by atoms with Crippen molar-refractivity contribution >= 4 is 5.91 Å². The van der Waals surface area contributed by atoms with Gasteiger partial charge in [0.2, 0.25) is 5.91 Å². The fourth-order valence-electron chi connectivity index (χ4n) is 1.92. The second-order valence-corrected chi connectivity index (χ2v) is 4.78. The van der Waals surface area contributed by atoms with Gasteiger partial charge in [0.15, 0.2) is 17.5 Å². The summed E-state index contributed by atoms with van der Waals surface area (Å²) in [5.74, 6) is -5.23. The van der Waals surface area contributed by atoms with Crippen molar-refractivity contribution < 1.29 is 23.1 Å². The normalized spacial score (nSPS) is 12.2. The van der Waals surface area contributed by atoms with Crippen LogP contribution in [0.15, 0.2) is 23.3 Å². The van der Waals surface area contributed by atoms with Crippen LogP contribution < -0.4 is 11.0 Å². The molecule has 124 valence electrons. The Morgan fingerprint density at radius 2 is 1.96 bits per heavy atom. The molecule has 1 aromatic heterocycles. The zero-order valence-electron chi connectivity index (χ0n) is 12.0. The molecule has 1 heterocycles. The Bertz CT molecular complexity index is 764. The molecule has 2 aromatic rings. The molecule has 0 saturated carbocycles. The number of carbonyl (C=O) groups is 1. The number of rotatable bonds is 5. The van der Waals surface area contributed by atoms with Gasteiger partial charge < -0.3 is 10.4 Å². The predicted octanol–water partition coefficient (Wildman–Crippen LogP) is -0.151. The molecule has 0 aliphatic carbocycles. The number of carbonyl (C=O) groups excluding carboxylic acids is 1. The van der Waals surface area contributed by atoms with Crippen molar-refractivity contribution in [2.24, 2.45) is 7.05 Å². The molecule has 1 unspecified atom stereocenters. The molecule has 1 amide bonds. The first-order valence-electron chi connectivity index (χ1n) is 6.46. The van der Waals surface area contributed by atoms with E-state index in [2.05, 4.69) is 10.4 Å². The van der Waals surface area contributed by atoms with Gasteiger partial charge in [0.25, 0.3) is 0 Å². The summed E-state index contributed by atoms with van der Waals surface area (Å²) >= 11 is 0. The Morgan fingerprint density at radius 3 is 2.43 bits per heavy atom. The lowest BCUT2D eigenvalue weighted by Crippen LogP contribution is -2.36. The molecule has 2 rings (SSSR count). The van der Waals surface area contributed by atoms with Crippen LogP contribution in [0.2, 0.25) is 0 Å². The first-order valence-corrected chi connectivity index (χ1v) is 6.46. The molecule has 7 nitrogen and oxygen atoms in total. The highest BCUT2D eigenvalue weighted by atomic mass is 19.2. The number of nitrogens with one attached hydrogen (secondary N) is 1. The van der Waals surface area contributed by atoms with Gasteiger partial charge >= 0.3 is 5.69 Å². The number of aromatic nitrogens is 3. The Labute approximate surface area is 128 Å². The Balaban J connectivity index is 2.14. The zero-order chi connectivity index (χ0) is 17.1. The molecule has 1 atom stereocenters. The maximum Gasteiger partial charge on any atom is 0.345 e. The van der Waals surface area contributed by atoms with Crippen molar-refractivity contribution in [2.45, 2.75) is 12.6 Å². The van der Waals surface area contributed by atoms with Gasteiger partial charge in [0.05, 0.1) is 12.6 Å².